The van der Waals surface area contributed by atoms with Crippen LogP contribution < -0.4 is 25.2 Å². The molecule has 0 saturated heterocycles. The normalized spacial score (nSPS) is 14.6. The molecule has 0 aliphatic heterocycles. The molecular weight excluding hydrogens is 478 g/mol. The Balaban J connectivity index is 1.78. The van der Waals surface area contributed by atoms with Crippen LogP contribution in [0.3, 0.4) is 0 Å². The van der Waals surface area contributed by atoms with E-state index in [-0.39, 0.29) is 17.2 Å². The van der Waals surface area contributed by atoms with Gasteiger partial charge in [0.2, 0.25) is 16.9 Å². The lowest BCUT2D eigenvalue weighted by atomic mass is 9.95. The maximum Gasteiger partial charge on any atom is 0.274 e. The van der Waals surface area contributed by atoms with Crippen molar-refractivity contribution in [2.24, 2.45) is 0 Å². The molecule has 0 amide bonds. The van der Waals surface area contributed by atoms with Gasteiger partial charge in [0.15, 0.2) is 22.7 Å². The molecule has 0 radical (unpaired) electrons. The molecule has 1 saturated carbocycles. The Labute approximate surface area is 210 Å². The van der Waals surface area contributed by atoms with Gasteiger partial charge in [0, 0.05) is 10.9 Å². The number of rotatable bonds is 5. The fraction of sp³-hybridized carbons (Fsp3) is 0.333. The number of aromatic hydroxyl groups is 1. The lowest BCUT2D eigenvalue weighted by Crippen LogP contribution is -2.16. The van der Waals surface area contributed by atoms with Crippen LogP contribution in [0.2, 0.25) is 0 Å². The van der Waals surface area contributed by atoms with E-state index in [0.29, 0.717) is 55.9 Å². The predicted molar refractivity (Wildman–Crippen MR) is 139 cm³/mol. The number of ether oxygens (including phenoxy) is 3. The van der Waals surface area contributed by atoms with Crippen molar-refractivity contribution in [3.8, 4) is 34.1 Å². The molecule has 37 heavy (non-hydrogen) atoms. The number of phenols is 1. The van der Waals surface area contributed by atoms with Crippen molar-refractivity contribution in [3.05, 3.63) is 44.8 Å². The number of aromatic nitrogens is 3. The number of nitrogens with zero attached hydrogens (tertiary/aromatic N) is 1. The Morgan fingerprint density at radius 1 is 0.973 bits per heavy atom. The number of hydrogen-bond acceptors (Lipinski definition) is 7. The highest BCUT2D eigenvalue weighted by Crippen LogP contribution is 2.46. The number of pyridine rings is 1. The van der Waals surface area contributed by atoms with E-state index in [1.807, 2.05) is 4.68 Å². The van der Waals surface area contributed by atoms with E-state index in [1.165, 1.54) is 33.8 Å². The number of hydrogen-bond donors (Lipinski definition) is 3. The van der Waals surface area contributed by atoms with Crippen LogP contribution in [0.4, 0.5) is 0 Å². The molecule has 0 bridgehead atoms. The molecule has 3 aromatic heterocycles. The number of phenolic OH excluding ortho intramolecular Hbond substituents is 1. The minimum absolute atomic E-state index is 0.0562. The summed E-state index contributed by atoms with van der Waals surface area (Å²) in [6, 6.07) is 6.55. The summed E-state index contributed by atoms with van der Waals surface area (Å²) < 4.78 is 24.7. The number of methoxy groups -OCH3 is 3. The third-order valence-corrected chi connectivity index (χ3v) is 7.34. The van der Waals surface area contributed by atoms with Gasteiger partial charge in [-0.2, -0.15) is 0 Å². The molecule has 6 rings (SSSR count). The van der Waals surface area contributed by atoms with Gasteiger partial charge in [-0.3, -0.25) is 19.4 Å². The van der Waals surface area contributed by atoms with E-state index in [1.54, 1.807) is 18.2 Å². The van der Waals surface area contributed by atoms with Gasteiger partial charge in [0.25, 0.3) is 5.56 Å². The molecule has 10 heteroatoms. The summed E-state index contributed by atoms with van der Waals surface area (Å²) >= 11 is 0. The molecule has 192 valence electrons. The summed E-state index contributed by atoms with van der Waals surface area (Å²) in [4.78, 5) is 29.1. The smallest absolute Gasteiger partial charge is 0.274 e. The summed E-state index contributed by atoms with van der Waals surface area (Å²) in [6.45, 7) is 0. The van der Waals surface area contributed by atoms with Crippen molar-refractivity contribution >= 4 is 33.1 Å². The lowest BCUT2D eigenvalue weighted by Gasteiger charge is -2.23. The predicted octanol–water partition coefficient (Wildman–Crippen LogP) is 4.82. The molecule has 1 aliphatic carbocycles. The third-order valence-electron chi connectivity index (χ3n) is 7.34. The van der Waals surface area contributed by atoms with Crippen molar-refractivity contribution in [1.29, 1.82) is 0 Å². The van der Waals surface area contributed by atoms with E-state index < -0.39 is 11.2 Å². The SMILES string of the molecule is COc1cc(-c2c3oc4c(O)c(=O)ccc4c3[nH]c3c2c(=O)[nH]n3C2CCCCC2)cc(OC)c1OC. The molecule has 0 spiro atoms. The van der Waals surface area contributed by atoms with Crippen molar-refractivity contribution in [2.75, 3.05) is 21.3 Å². The number of nitrogens with one attached hydrogen (secondary N) is 2. The maximum absolute atomic E-state index is 13.5. The molecule has 0 unspecified atom stereocenters. The van der Waals surface area contributed by atoms with Gasteiger partial charge >= 0.3 is 0 Å². The fourth-order valence-corrected chi connectivity index (χ4v) is 5.58. The first kappa shape index (κ1) is 23.1. The topological polar surface area (TPSA) is 132 Å². The largest absolute Gasteiger partial charge is 0.502 e. The van der Waals surface area contributed by atoms with Crippen molar-refractivity contribution < 1.29 is 23.7 Å². The molecule has 1 aliphatic rings. The second kappa shape index (κ2) is 8.65. The van der Waals surface area contributed by atoms with Gasteiger partial charge in [-0.05, 0) is 42.7 Å². The third kappa shape index (κ3) is 3.39. The van der Waals surface area contributed by atoms with Gasteiger partial charge in [-0.15, -0.1) is 0 Å². The zero-order valence-electron chi connectivity index (χ0n) is 20.8. The van der Waals surface area contributed by atoms with E-state index in [2.05, 4.69) is 10.1 Å². The summed E-state index contributed by atoms with van der Waals surface area (Å²) in [5.74, 6) is 0.757. The van der Waals surface area contributed by atoms with Crippen LogP contribution in [0.1, 0.15) is 38.1 Å². The summed E-state index contributed by atoms with van der Waals surface area (Å²) in [7, 11) is 4.56. The molecule has 2 aromatic carbocycles. The fourth-order valence-electron chi connectivity index (χ4n) is 5.58. The molecular formula is C27H27N3O7. The number of fused-ring (bicyclic) bond motifs is 4. The van der Waals surface area contributed by atoms with Crippen molar-refractivity contribution in [3.63, 3.8) is 0 Å². The standard InChI is InChI=1S/C27H27N3O7/c1-34-17-11-13(12-18(35-2)24(17)36-3)19-20-26(30(29-27(20)33)14-7-5-4-6-8-14)28-21-15-9-10-16(31)22(32)23(15)37-25(19)21/h9-12,14,28,32H,4-8H2,1-3H3,(H,29,33). The number of H-pyrrole nitrogens is 2. The van der Waals surface area contributed by atoms with Crippen LogP contribution in [0.5, 0.6) is 23.0 Å². The minimum atomic E-state index is -0.546. The zero-order chi connectivity index (χ0) is 25.8. The minimum Gasteiger partial charge on any atom is -0.502 e. The van der Waals surface area contributed by atoms with Crippen molar-refractivity contribution in [2.45, 2.75) is 38.1 Å². The molecule has 3 heterocycles. The van der Waals surface area contributed by atoms with Crippen LogP contribution in [0.25, 0.3) is 44.2 Å². The number of aromatic amines is 2. The van der Waals surface area contributed by atoms with Crippen LogP contribution >= 0.6 is 0 Å². The second-order valence-electron chi connectivity index (χ2n) is 9.34. The Morgan fingerprint density at radius 3 is 2.32 bits per heavy atom. The summed E-state index contributed by atoms with van der Waals surface area (Å²) in [5.41, 5.74) is 1.80. The van der Waals surface area contributed by atoms with Gasteiger partial charge in [0.1, 0.15) is 5.65 Å². The second-order valence-corrected chi connectivity index (χ2v) is 9.34. The molecule has 1 fully saturated rings. The molecule has 0 atom stereocenters. The first-order valence-corrected chi connectivity index (χ1v) is 12.2. The van der Waals surface area contributed by atoms with Gasteiger partial charge < -0.3 is 28.7 Å². The van der Waals surface area contributed by atoms with Crippen LogP contribution in [0, 0.1) is 0 Å². The van der Waals surface area contributed by atoms with Crippen LogP contribution in [-0.4, -0.2) is 41.2 Å². The first-order chi connectivity index (χ1) is 18.0. The van der Waals surface area contributed by atoms with Crippen LogP contribution in [0.15, 0.2) is 38.3 Å². The van der Waals surface area contributed by atoms with Crippen molar-refractivity contribution in [1.82, 2.24) is 14.8 Å². The highest BCUT2D eigenvalue weighted by atomic mass is 16.5. The molecule has 10 nitrogen and oxygen atoms in total. The number of benzene rings is 2. The highest BCUT2D eigenvalue weighted by Gasteiger charge is 2.27. The van der Waals surface area contributed by atoms with Gasteiger partial charge in [0.05, 0.1) is 38.3 Å². The van der Waals surface area contributed by atoms with Gasteiger partial charge in [-0.1, -0.05) is 19.3 Å². The van der Waals surface area contributed by atoms with Gasteiger partial charge in [-0.25, -0.2) is 0 Å². The average molecular weight is 506 g/mol. The maximum atomic E-state index is 13.5. The Hall–Kier alpha value is -4.34. The van der Waals surface area contributed by atoms with E-state index in [9.17, 15) is 14.7 Å². The molecule has 3 N–H and O–H groups in total. The Kier molecular flexibility index (Phi) is 5.40. The Morgan fingerprint density at radius 2 is 1.68 bits per heavy atom. The Bertz CT molecular complexity index is 1760. The van der Waals surface area contributed by atoms with E-state index in [0.717, 1.165) is 25.7 Å². The monoisotopic (exact) mass is 505 g/mol. The summed E-state index contributed by atoms with van der Waals surface area (Å²) in [5, 5.41) is 14.5. The first-order valence-electron chi connectivity index (χ1n) is 12.2. The van der Waals surface area contributed by atoms with E-state index >= 15 is 0 Å². The average Bonchev–Trinajstić information content (AvgIpc) is 3.47. The zero-order valence-corrected chi connectivity index (χ0v) is 20.8. The quantitative estimate of drug-likeness (QED) is 0.312. The summed E-state index contributed by atoms with van der Waals surface area (Å²) in [6.07, 6.45) is 5.26. The van der Waals surface area contributed by atoms with Crippen LogP contribution in [-0.2, 0) is 0 Å². The highest BCUT2D eigenvalue weighted by molar-refractivity contribution is 6.15. The van der Waals surface area contributed by atoms with E-state index in [4.69, 9.17) is 18.6 Å². The number of furan rings is 1. The molecule has 5 aromatic rings. The lowest BCUT2D eigenvalue weighted by molar-refractivity contribution is 0.324.